The highest BCUT2D eigenvalue weighted by atomic mass is 35.5. The number of carbonyl (C=O) groups excluding carboxylic acids is 1. The van der Waals surface area contributed by atoms with Gasteiger partial charge in [0.15, 0.2) is 6.29 Å². The summed E-state index contributed by atoms with van der Waals surface area (Å²) < 4.78 is 0. The summed E-state index contributed by atoms with van der Waals surface area (Å²) in [5.74, 6) is 0.502. The smallest absolute Gasteiger partial charge is 0.152 e. The number of aliphatic hydroxyl groups excluding tert-OH is 1. The molecule has 0 radical (unpaired) electrons. The van der Waals surface area contributed by atoms with Gasteiger partial charge < -0.3 is 10.0 Å². The molecule has 1 N–H and O–H groups in total. The van der Waals surface area contributed by atoms with E-state index in [1.807, 2.05) is 6.07 Å². The minimum atomic E-state index is 0.231. The number of rotatable bonds is 4. The maximum Gasteiger partial charge on any atom is 0.152 e. The largest absolute Gasteiger partial charge is 0.396 e. The number of aliphatic hydroxyl groups is 1. The molecule has 4 heteroatoms. The fourth-order valence-electron chi connectivity index (χ4n) is 2.59. The van der Waals surface area contributed by atoms with Crippen LogP contribution < -0.4 is 4.90 Å². The van der Waals surface area contributed by atoms with Crippen LogP contribution in [0.3, 0.4) is 0 Å². The standard InChI is InChI=1S/C14H18ClNO2/c15-13-4-3-12(10-18)14(8-13)16-6-1-2-11(9-16)5-7-17/h3-4,8,10-11,17H,1-2,5-7,9H2. The van der Waals surface area contributed by atoms with Gasteiger partial charge in [-0.3, -0.25) is 4.79 Å². The SMILES string of the molecule is O=Cc1ccc(Cl)cc1N1CCCC(CCO)C1. The molecule has 0 spiro atoms. The van der Waals surface area contributed by atoms with Crippen molar-refractivity contribution >= 4 is 23.6 Å². The molecule has 1 heterocycles. The number of hydrogen-bond donors (Lipinski definition) is 1. The van der Waals surface area contributed by atoms with Gasteiger partial charge in [0, 0.05) is 36.0 Å². The number of hydrogen-bond acceptors (Lipinski definition) is 3. The Labute approximate surface area is 112 Å². The number of anilines is 1. The molecule has 98 valence electrons. The number of piperidine rings is 1. The Morgan fingerprint density at radius 1 is 1.50 bits per heavy atom. The number of aldehydes is 1. The van der Waals surface area contributed by atoms with Gasteiger partial charge in [-0.15, -0.1) is 0 Å². The first kappa shape index (κ1) is 13.4. The minimum absolute atomic E-state index is 0.231. The highest BCUT2D eigenvalue weighted by molar-refractivity contribution is 6.31. The summed E-state index contributed by atoms with van der Waals surface area (Å²) in [5.41, 5.74) is 1.60. The van der Waals surface area contributed by atoms with Crippen LogP contribution in [0, 0.1) is 5.92 Å². The Hall–Kier alpha value is -1.06. The summed E-state index contributed by atoms with van der Waals surface area (Å²) in [4.78, 5) is 13.3. The fraction of sp³-hybridized carbons (Fsp3) is 0.500. The van der Waals surface area contributed by atoms with E-state index in [1.165, 1.54) is 0 Å². The van der Waals surface area contributed by atoms with Gasteiger partial charge in [-0.25, -0.2) is 0 Å². The van der Waals surface area contributed by atoms with Crippen molar-refractivity contribution in [1.29, 1.82) is 0 Å². The van der Waals surface area contributed by atoms with Crippen molar-refractivity contribution in [1.82, 2.24) is 0 Å². The average molecular weight is 268 g/mol. The van der Waals surface area contributed by atoms with Crippen molar-refractivity contribution in [2.24, 2.45) is 5.92 Å². The van der Waals surface area contributed by atoms with Crippen LogP contribution in [-0.4, -0.2) is 31.1 Å². The quantitative estimate of drug-likeness (QED) is 0.853. The highest BCUT2D eigenvalue weighted by Gasteiger charge is 2.21. The van der Waals surface area contributed by atoms with Crippen LogP contribution in [-0.2, 0) is 0 Å². The molecule has 1 aromatic rings. The molecule has 0 saturated carbocycles. The first-order valence-corrected chi connectivity index (χ1v) is 6.73. The molecule has 3 nitrogen and oxygen atoms in total. The third kappa shape index (κ3) is 3.03. The number of nitrogens with zero attached hydrogens (tertiary/aromatic N) is 1. The van der Waals surface area contributed by atoms with Crippen molar-refractivity contribution in [2.75, 3.05) is 24.6 Å². The van der Waals surface area contributed by atoms with Gasteiger partial charge in [0.25, 0.3) is 0 Å². The second-order valence-electron chi connectivity index (χ2n) is 4.79. The molecular formula is C14H18ClNO2. The molecule has 1 unspecified atom stereocenters. The molecule has 0 aromatic heterocycles. The van der Waals surface area contributed by atoms with Crippen LogP contribution in [0.1, 0.15) is 29.6 Å². The number of carbonyl (C=O) groups is 1. The molecular weight excluding hydrogens is 250 g/mol. The Balaban J connectivity index is 2.19. The topological polar surface area (TPSA) is 40.5 Å². The predicted octanol–water partition coefficient (Wildman–Crippen LogP) is 2.75. The first-order chi connectivity index (χ1) is 8.74. The predicted molar refractivity (Wildman–Crippen MR) is 73.5 cm³/mol. The van der Waals surface area contributed by atoms with Crippen molar-refractivity contribution in [3.8, 4) is 0 Å². The second kappa shape index (κ2) is 6.21. The summed E-state index contributed by atoms with van der Waals surface area (Å²) in [7, 11) is 0. The van der Waals surface area contributed by atoms with E-state index in [4.69, 9.17) is 16.7 Å². The molecule has 1 aromatic carbocycles. The summed E-state index contributed by atoms with van der Waals surface area (Å²) in [6.45, 7) is 2.07. The molecule has 1 fully saturated rings. The zero-order chi connectivity index (χ0) is 13.0. The lowest BCUT2D eigenvalue weighted by Crippen LogP contribution is -2.36. The Morgan fingerprint density at radius 3 is 3.06 bits per heavy atom. The summed E-state index contributed by atoms with van der Waals surface area (Å²) >= 11 is 6.01. The summed E-state index contributed by atoms with van der Waals surface area (Å²) in [5, 5.41) is 9.68. The van der Waals surface area contributed by atoms with E-state index in [0.29, 0.717) is 16.5 Å². The zero-order valence-electron chi connectivity index (χ0n) is 10.3. The van der Waals surface area contributed by atoms with Crippen LogP contribution >= 0.6 is 11.6 Å². The molecule has 0 amide bonds. The van der Waals surface area contributed by atoms with Crippen molar-refractivity contribution < 1.29 is 9.90 Å². The van der Waals surface area contributed by atoms with Gasteiger partial charge in [-0.2, -0.15) is 0 Å². The molecule has 1 aliphatic heterocycles. The summed E-state index contributed by atoms with van der Waals surface area (Å²) in [6, 6.07) is 5.36. The third-order valence-electron chi connectivity index (χ3n) is 3.52. The van der Waals surface area contributed by atoms with Crippen LogP contribution in [0.4, 0.5) is 5.69 Å². The van der Waals surface area contributed by atoms with Crippen LogP contribution in [0.15, 0.2) is 18.2 Å². The van der Waals surface area contributed by atoms with Gasteiger partial charge in [-0.05, 0) is 43.4 Å². The normalized spacial score (nSPS) is 19.9. The van der Waals surface area contributed by atoms with Gasteiger partial charge in [-0.1, -0.05) is 11.6 Å². The van der Waals surface area contributed by atoms with Crippen LogP contribution in [0.25, 0.3) is 0 Å². The fourth-order valence-corrected chi connectivity index (χ4v) is 2.76. The van der Waals surface area contributed by atoms with Crippen molar-refractivity contribution in [3.05, 3.63) is 28.8 Å². The van der Waals surface area contributed by atoms with Gasteiger partial charge >= 0.3 is 0 Å². The average Bonchev–Trinajstić information content (AvgIpc) is 2.39. The van der Waals surface area contributed by atoms with Crippen LogP contribution in [0.5, 0.6) is 0 Å². The Kier molecular flexibility index (Phi) is 4.61. The maximum absolute atomic E-state index is 11.1. The number of halogens is 1. The molecule has 0 bridgehead atoms. The molecule has 1 atom stereocenters. The van der Waals surface area contributed by atoms with E-state index in [9.17, 15) is 4.79 Å². The van der Waals surface area contributed by atoms with Gasteiger partial charge in [0.05, 0.1) is 0 Å². The minimum Gasteiger partial charge on any atom is -0.396 e. The van der Waals surface area contributed by atoms with E-state index in [2.05, 4.69) is 4.90 Å². The van der Waals surface area contributed by atoms with E-state index >= 15 is 0 Å². The maximum atomic E-state index is 11.1. The molecule has 0 aliphatic carbocycles. The molecule has 1 aliphatic rings. The highest BCUT2D eigenvalue weighted by Crippen LogP contribution is 2.29. The van der Waals surface area contributed by atoms with E-state index in [0.717, 1.165) is 44.3 Å². The molecule has 1 saturated heterocycles. The lowest BCUT2D eigenvalue weighted by molar-refractivity contribution is 0.112. The van der Waals surface area contributed by atoms with Crippen LogP contribution in [0.2, 0.25) is 5.02 Å². The zero-order valence-corrected chi connectivity index (χ0v) is 11.1. The molecule has 18 heavy (non-hydrogen) atoms. The van der Waals surface area contributed by atoms with Gasteiger partial charge in [0.1, 0.15) is 0 Å². The molecule has 2 rings (SSSR count). The van der Waals surface area contributed by atoms with E-state index in [1.54, 1.807) is 12.1 Å². The van der Waals surface area contributed by atoms with E-state index < -0.39 is 0 Å². The second-order valence-corrected chi connectivity index (χ2v) is 5.22. The lowest BCUT2D eigenvalue weighted by Gasteiger charge is -2.35. The lowest BCUT2D eigenvalue weighted by atomic mass is 9.94. The van der Waals surface area contributed by atoms with E-state index in [-0.39, 0.29) is 6.61 Å². The summed E-state index contributed by atoms with van der Waals surface area (Å²) in [6.07, 6.45) is 3.94. The first-order valence-electron chi connectivity index (χ1n) is 6.35. The van der Waals surface area contributed by atoms with Crippen molar-refractivity contribution in [3.63, 3.8) is 0 Å². The Morgan fingerprint density at radius 2 is 2.33 bits per heavy atom. The monoisotopic (exact) mass is 267 g/mol. The third-order valence-corrected chi connectivity index (χ3v) is 3.75. The number of benzene rings is 1. The van der Waals surface area contributed by atoms with Gasteiger partial charge in [0.2, 0.25) is 0 Å². The Bertz CT molecular complexity index is 420. The van der Waals surface area contributed by atoms with Crippen molar-refractivity contribution in [2.45, 2.75) is 19.3 Å².